The van der Waals surface area contributed by atoms with Gasteiger partial charge in [-0.15, -0.1) is 0 Å². The van der Waals surface area contributed by atoms with E-state index in [0.29, 0.717) is 19.5 Å². The van der Waals surface area contributed by atoms with Gasteiger partial charge in [0, 0.05) is 25.5 Å². The van der Waals surface area contributed by atoms with E-state index in [1.54, 1.807) is 0 Å². The van der Waals surface area contributed by atoms with E-state index in [1.807, 2.05) is 60.5 Å². The lowest BCUT2D eigenvalue weighted by Gasteiger charge is -2.26. The van der Waals surface area contributed by atoms with E-state index >= 15 is 0 Å². The van der Waals surface area contributed by atoms with Crippen molar-refractivity contribution in [3.8, 4) is 11.8 Å². The molecule has 0 saturated carbocycles. The molecule has 3 rings (SSSR count). The van der Waals surface area contributed by atoms with Crippen molar-refractivity contribution in [2.75, 3.05) is 18.5 Å². The van der Waals surface area contributed by atoms with Crippen LogP contribution in [0.25, 0.3) is 0 Å². The summed E-state index contributed by atoms with van der Waals surface area (Å²) in [5, 5.41) is 3.03. The summed E-state index contributed by atoms with van der Waals surface area (Å²) < 4.78 is 0. The number of benzene rings is 2. The van der Waals surface area contributed by atoms with Crippen LogP contribution in [-0.4, -0.2) is 19.5 Å². The molecule has 1 aliphatic heterocycles. The molecule has 0 bridgehead atoms. The largest absolute Gasteiger partial charge is 0.319 e. The minimum absolute atomic E-state index is 0. The first-order valence-corrected chi connectivity index (χ1v) is 8.85. The Bertz CT molecular complexity index is 777. The van der Waals surface area contributed by atoms with Crippen molar-refractivity contribution in [1.29, 1.82) is 0 Å². The van der Waals surface area contributed by atoms with Crippen LogP contribution >= 0.6 is 0 Å². The number of carbonyl (C=O) groups excluding carboxylic acids is 1. The average molecular weight is 336 g/mol. The first kappa shape index (κ1) is 18.8. The second kappa shape index (κ2) is 9.66. The number of fused-ring (bicyclic) bond motifs is 2. The van der Waals surface area contributed by atoms with Crippen LogP contribution in [0.4, 0.5) is 5.69 Å². The van der Waals surface area contributed by atoms with Crippen LogP contribution in [0, 0.1) is 11.8 Å². The van der Waals surface area contributed by atoms with Crippen LogP contribution in [0.2, 0.25) is 0 Å². The molecule has 1 aliphatic rings. The van der Waals surface area contributed by atoms with E-state index in [0.717, 1.165) is 22.4 Å². The summed E-state index contributed by atoms with van der Waals surface area (Å²) in [5.74, 6) is 6.54. The second-order valence-electron chi connectivity index (χ2n) is 5.96. The minimum atomic E-state index is 0. The molecular formula is C22H28N2O. The molecule has 0 saturated heterocycles. The Hall–Kier alpha value is -2.57. The number of hydrogen-bond donors (Lipinski definition) is 1. The van der Waals surface area contributed by atoms with Gasteiger partial charge in [-0.2, -0.15) is 0 Å². The lowest BCUT2D eigenvalue weighted by molar-refractivity contribution is -0.118. The van der Waals surface area contributed by atoms with Gasteiger partial charge < -0.3 is 10.2 Å². The van der Waals surface area contributed by atoms with E-state index in [4.69, 9.17) is 0 Å². The molecular weight excluding hydrogens is 308 g/mol. The first-order chi connectivity index (χ1) is 12.2. The molecule has 1 amide bonds. The highest BCUT2D eigenvalue weighted by molar-refractivity contribution is 5.95. The summed E-state index contributed by atoms with van der Waals surface area (Å²) in [4.78, 5) is 14.5. The predicted octanol–water partition coefficient (Wildman–Crippen LogP) is 4.20. The normalized spacial score (nSPS) is 11.6. The van der Waals surface area contributed by atoms with Crippen LogP contribution in [0.1, 0.15) is 44.8 Å². The Labute approximate surface area is 152 Å². The Balaban J connectivity index is 0.000000791. The second-order valence-corrected chi connectivity index (χ2v) is 5.96. The van der Waals surface area contributed by atoms with Gasteiger partial charge in [-0.05, 0) is 30.8 Å². The minimum Gasteiger partial charge on any atom is -0.319 e. The number of nitrogens with zero attached hydrogens (tertiary/aromatic N) is 1. The lowest BCUT2D eigenvalue weighted by atomic mass is 10.0. The van der Waals surface area contributed by atoms with Gasteiger partial charge in [0.1, 0.15) is 0 Å². The maximum atomic E-state index is 12.6. The van der Waals surface area contributed by atoms with Crippen LogP contribution in [-0.2, 0) is 11.3 Å². The zero-order valence-corrected chi connectivity index (χ0v) is 15.3. The zero-order chi connectivity index (χ0) is 18.1. The topological polar surface area (TPSA) is 32.3 Å². The molecule has 0 aliphatic carbocycles. The van der Waals surface area contributed by atoms with Crippen molar-refractivity contribution >= 4 is 11.6 Å². The van der Waals surface area contributed by atoms with E-state index in [9.17, 15) is 4.79 Å². The highest BCUT2D eigenvalue weighted by Gasteiger charge is 2.20. The van der Waals surface area contributed by atoms with E-state index < -0.39 is 0 Å². The average Bonchev–Trinajstić information content (AvgIpc) is 2.62. The van der Waals surface area contributed by atoms with Crippen molar-refractivity contribution in [3.05, 3.63) is 65.2 Å². The van der Waals surface area contributed by atoms with Gasteiger partial charge in [0.25, 0.3) is 0 Å². The fourth-order valence-electron chi connectivity index (χ4n) is 2.57. The summed E-state index contributed by atoms with van der Waals surface area (Å²) in [6.07, 6.45) is 1.72. The van der Waals surface area contributed by atoms with E-state index in [-0.39, 0.29) is 7.33 Å². The van der Waals surface area contributed by atoms with Gasteiger partial charge in [0.05, 0.1) is 12.2 Å². The van der Waals surface area contributed by atoms with Crippen molar-refractivity contribution in [2.24, 2.45) is 0 Å². The third-order valence-corrected chi connectivity index (χ3v) is 3.76. The van der Waals surface area contributed by atoms with Crippen molar-refractivity contribution in [2.45, 2.75) is 33.2 Å². The standard InChI is InChI=1S/C19H18N2O.C3H8.H2/c1-20-13-12-19(22)21-14-17-8-3-2-6-15(17)10-11-16-7-4-5-9-18(16)21;1-3-2;/h2-9,20H,12-14H2,1H3;3H2,1-2H3;1H. The van der Waals surface area contributed by atoms with Gasteiger partial charge in [-0.25, -0.2) is 0 Å². The van der Waals surface area contributed by atoms with Gasteiger partial charge in [0.15, 0.2) is 0 Å². The summed E-state index contributed by atoms with van der Waals surface area (Å²) >= 11 is 0. The highest BCUT2D eigenvalue weighted by Crippen LogP contribution is 2.25. The van der Waals surface area contributed by atoms with Crippen molar-refractivity contribution < 1.29 is 6.22 Å². The van der Waals surface area contributed by atoms with Crippen LogP contribution in [0.15, 0.2) is 48.5 Å². The van der Waals surface area contributed by atoms with Crippen molar-refractivity contribution in [1.82, 2.24) is 5.32 Å². The van der Waals surface area contributed by atoms with Gasteiger partial charge in [-0.3, -0.25) is 4.79 Å². The van der Waals surface area contributed by atoms with E-state index in [1.165, 1.54) is 6.42 Å². The number of para-hydroxylation sites is 1. The first-order valence-electron chi connectivity index (χ1n) is 8.85. The molecule has 2 aromatic rings. The summed E-state index contributed by atoms with van der Waals surface area (Å²) in [5.41, 5.74) is 3.87. The number of hydrogen-bond acceptors (Lipinski definition) is 2. The van der Waals surface area contributed by atoms with Gasteiger partial charge in [-0.1, -0.05) is 62.4 Å². The van der Waals surface area contributed by atoms with Crippen molar-refractivity contribution in [3.63, 3.8) is 0 Å². The molecule has 0 aromatic heterocycles. The molecule has 132 valence electrons. The molecule has 0 spiro atoms. The molecule has 0 fully saturated rings. The summed E-state index contributed by atoms with van der Waals surface area (Å²) in [6, 6.07) is 15.9. The quantitative estimate of drug-likeness (QED) is 0.852. The van der Waals surface area contributed by atoms with Gasteiger partial charge >= 0.3 is 0 Å². The Morgan fingerprint density at radius 3 is 2.40 bits per heavy atom. The Morgan fingerprint density at radius 1 is 1.08 bits per heavy atom. The smallest absolute Gasteiger partial charge is 0.228 e. The number of carbonyl (C=O) groups is 1. The van der Waals surface area contributed by atoms with Crippen LogP contribution < -0.4 is 10.2 Å². The lowest BCUT2D eigenvalue weighted by Crippen LogP contribution is -2.33. The molecule has 2 aromatic carbocycles. The Kier molecular flexibility index (Phi) is 7.25. The molecule has 3 nitrogen and oxygen atoms in total. The molecule has 1 N–H and O–H groups in total. The summed E-state index contributed by atoms with van der Waals surface area (Å²) in [6.45, 7) is 5.48. The third kappa shape index (κ3) is 4.95. The van der Waals surface area contributed by atoms with Crippen LogP contribution in [0.5, 0.6) is 0 Å². The summed E-state index contributed by atoms with van der Waals surface area (Å²) in [7, 11) is 1.86. The number of rotatable bonds is 3. The van der Waals surface area contributed by atoms with E-state index in [2.05, 4.69) is 31.0 Å². The van der Waals surface area contributed by atoms with Gasteiger partial charge in [0.2, 0.25) is 5.91 Å². The number of amides is 1. The van der Waals surface area contributed by atoms with Crippen LogP contribution in [0.3, 0.4) is 0 Å². The fourth-order valence-corrected chi connectivity index (χ4v) is 2.57. The number of nitrogens with one attached hydrogen (secondary N) is 1. The zero-order valence-electron chi connectivity index (χ0n) is 15.3. The molecule has 3 heteroatoms. The Morgan fingerprint density at radius 2 is 1.68 bits per heavy atom. The maximum absolute atomic E-state index is 12.6. The molecule has 0 atom stereocenters. The molecule has 25 heavy (non-hydrogen) atoms. The molecule has 0 radical (unpaired) electrons. The predicted molar refractivity (Wildman–Crippen MR) is 107 cm³/mol. The molecule has 1 heterocycles. The highest BCUT2D eigenvalue weighted by atomic mass is 16.2. The number of anilines is 1. The third-order valence-electron chi connectivity index (χ3n) is 3.76. The monoisotopic (exact) mass is 336 g/mol. The molecule has 0 unspecified atom stereocenters. The maximum Gasteiger partial charge on any atom is 0.228 e. The fraction of sp³-hybridized carbons (Fsp3) is 0.318. The SMILES string of the molecule is CCC.CNCCC(=O)N1Cc2ccccc2C#Cc2ccccc21.[HH].